The maximum absolute atomic E-state index is 5.85. The zero-order valence-electron chi connectivity index (χ0n) is 10.5. The van der Waals surface area contributed by atoms with Crippen LogP contribution in [0.3, 0.4) is 0 Å². The zero-order chi connectivity index (χ0) is 13.2. The summed E-state index contributed by atoms with van der Waals surface area (Å²) in [5, 5.41) is 1.07. The Kier molecular flexibility index (Phi) is 2.76. The summed E-state index contributed by atoms with van der Waals surface area (Å²) < 4.78 is 5.72. The minimum absolute atomic E-state index is 0.426. The van der Waals surface area contributed by atoms with Crippen LogP contribution in [0.2, 0.25) is 0 Å². The van der Waals surface area contributed by atoms with E-state index >= 15 is 0 Å². The third-order valence-corrected chi connectivity index (χ3v) is 2.82. The van der Waals surface area contributed by atoms with Gasteiger partial charge in [-0.25, -0.2) is 4.98 Å². The first-order valence-electron chi connectivity index (χ1n) is 5.98. The largest absolute Gasteiger partial charge is 0.437 e. The summed E-state index contributed by atoms with van der Waals surface area (Å²) >= 11 is 0. The summed E-state index contributed by atoms with van der Waals surface area (Å²) in [4.78, 5) is 8.57. The van der Waals surface area contributed by atoms with Crippen LogP contribution in [0.25, 0.3) is 10.9 Å². The molecule has 0 spiro atoms. The summed E-state index contributed by atoms with van der Waals surface area (Å²) in [5.74, 6) is 1.10. The lowest BCUT2D eigenvalue weighted by Gasteiger charge is -2.08. The van der Waals surface area contributed by atoms with E-state index in [-0.39, 0.29) is 0 Å². The van der Waals surface area contributed by atoms with Crippen LogP contribution in [0.1, 0.15) is 5.69 Å². The van der Waals surface area contributed by atoms with Crippen LogP contribution in [0.15, 0.2) is 48.7 Å². The minimum atomic E-state index is 0.426. The van der Waals surface area contributed by atoms with Crippen molar-refractivity contribution in [3.8, 4) is 11.6 Å². The fraction of sp³-hybridized carbons (Fsp3) is 0.0667. The third-order valence-electron chi connectivity index (χ3n) is 2.82. The third kappa shape index (κ3) is 2.33. The molecule has 0 bridgehead atoms. The van der Waals surface area contributed by atoms with Gasteiger partial charge in [0.1, 0.15) is 5.75 Å². The van der Waals surface area contributed by atoms with Gasteiger partial charge in [-0.2, -0.15) is 0 Å². The van der Waals surface area contributed by atoms with Gasteiger partial charge in [-0.05, 0) is 37.3 Å². The van der Waals surface area contributed by atoms with Crippen LogP contribution < -0.4 is 10.5 Å². The number of nitrogens with zero attached hydrogens (tertiary/aromatic N) is 2. The number of fused-ring (bicyclic) bond motifs is 1. The highest BCUT2D eigenvalue weighted by molar-refractivity contribution is 5.79. The smallest absolute Gasteiger partial charge is 0.242 e. The summed E-state index contributed by atoms with van der Waals surface area (Å²) in [5.41, 5.74) is 8.11. The van der Waals surface area contributed by atoms with Crippen molar-refractivity contribution in [3.05, 3.63) is 54.4 Å². The minimum Gasteiger partial charge on any atom is -0.437 e. The fourth-order valence-corrected chi connectivity index (χ4v) is 1.85. The highest BCUT2D eigenvalue weighted by Gasteiger charge is 2.05. The molecule has 0 aliphatic rings. The molecule has 0 aliphatic carbocycles. The van der Waals surface area contributed by atoms with Crippen molar-refractivity contribution in [2.24, 2.45) is 0 Å². The Bertz CT molecular complexity index is 740. The van der Waals surface area contributed by atoms with Gasteiger partial charge >= 0.3 is 0 Å². The molecule has 2 aromatic heterocycles. The number of rotatable bonds is 2. The number of nitrogens with two attached hydrogens (primary N) is 1. The normalized spacial score (nSPS) is 10.6. The number of ether oxygens (including phenoxy) is 1. The van der Waals surface area contributed by atoms with Crippen molar-refractivity contribution in [2.75, 3.05) is 5.73 Å². The number of hydrogen-bond donors (Lipinski definition) is 1. The molecule has 3 aromatic rings. The van der Waals surface area contributed by atoms with Crippen molar-refractivity contribution < 1.29 is 4.74 Å². The van der Waals surface area contributed by atoms with Gasteiger partial charge in [-0.1, -0.05) is 6.07 Å². The Morgan fingerprint density at radius 2 is 2.00 bits per heavy atom. The van der Waals surface area contributed by atoms with Gasteiger partial charge in [0.25, 0.3) is 0 Å². The van der Waals surface area contributed by atoms with E-state index in [1.54, 1.807) is 12.3 Å². The average Bonchev–Trinajstić information content (AvgIpc) is 2.43. The Morgan fingerprint density at radius 3 is 2.89 bits per heavy atom. The molecule has 3 rings (SSSR count). The molecular formula is C15H13N3O. The SMILES string of the molecule is Cc1ccc(N)c(Oc2ccc3cccnc3c2)n1. The fourth-order valence-electron chi connectivity index (χ4n) is 1.85. The van der Waals surface area contributed by atoms with Gasteiger partial charge in [0, 0.05) is 23.3 Å². The lowest BCUT2D eigenvalue weighted by atomic mass is 10.2. The monoisotopic (exact) mass is 251 g/mol. The number of aryl methyl sites for hydroxylation is 1. The van der Waals surface area contributed by atoms with Gasteiger partial charge in [-0.15, -0.1) is 0 Å². The molecule has 0 amide bonds. The first-order valence-corrected chi connectivity index (χ1v) is 5.98. The predicted octanol–water partition coefficient (Wildman–Crippen LogP) is 3.31. The Morgan fingerprint density at radius 1 is 1.11 bits per heavy atom. The molecule has 0 atom stereocenters. The van der Waals surface area contributed by atoms with Crippen molar-refractivity contribution in [1.29, 1.82) is 0 Å². The lowest BCUT2D eigenvalue weighted by Crippen LogP contribution is -1.96. The number of benzene rings is 1. The Hall–Kier alpha value is -2.62. The second kappa shape index (κ2) is 4.57. The highest BCUT2D eigenvalue weighted by atomic mass is 16.5. The Labute approximate surface area is 110 Å². The molecule has 4 heteroatoms. The van der Waals surface area contributed by atoms with Crippen LogP contribution in [-0.2, 0) is 0 Å². The number of pyridine rings is 2. The summed E-state index contributed by atoms with van der Waals surface area (Å²) in [7, 11) is 0. The number of hydrogen-bond acceptors (Lipinski definition) is 4. The van der Waals surface area contributed by atoms with Crippen LogP contribution >= 0.6 is 0 Å². The van der Waals surface area contributed by atoms with Crippen LogP contribution in [0.5, 0.6) is 11.6 Å². The second-order valence-electron chi connectivity index (χ2n) is 4.31. The number of anilines is 1. The molecule has 1 aromatic carbocycles. The first kappa shape index (κ1) is 11.5. The molecule has 2 N–H and O–H groups in total. The summed E-state index contributed by atoms with van der Waals surface area (Å²) in [6.45, 7) is 1.90. The molecule has 2 heterocycles. The van der Waals surface area contributed by atoms with Gasteiger partial charge in [0.2, 0.25) is 5.88 Å². The molecule has 0 saturated carbocycles. The van der Waals surface area contributed by atoms with Gasteiger partial charge in [0.05, 0.1) is 11.2 Å². The van der Waals surface area contributed by atoms with Crippen molar-refractivity contribution in [3.63, 3.8) is 0 Å². The van der Waals surface area contributed by atoms with E-state index in [2.05, 4.69) is 9.97 Å². The molecule has 94 valence electrons. The lowest BCUT2D eigenvalue weighted by molar-refractivity contribution is 0.465. The molecule has 0 fully saturated rings. The van der Waals surface area contributed by atoms with Crippen LogP contribution in [0, 0.1) is 6.92 Å². The van der Waals surface area contributed by atoms with Gasteiger partial charge in [0.15, 0.2) is 0 Å². The summed E-state index contributed by atoms with van der Waals surface area (Å²) in [6, 6.07) is 13.3. The van der Waals surface area contributed by atoms with E-state index in [0.29, 0.717) is 17.3 Å². The number of nitrogen functional groups attached to an aromatic ring is 1. The molecule has 0 radical (unpaired) electrons. The van der Waals surface area contributed by atoms with E-state index in [4.69, 9.17) is 10.5 Å². The van der Waals surface area contributed by atoms with E-state index in [0.717, 1.165) is 16.6 Å². The first-order chi connectivity index (χ1) is 9.22. The standard InChI is InChI=1S/C15H13N3O/c1-10-4-7-13(16)15(18-10)19-12-6-5-11-3-2-8-17-14(11)9-12/h2-9H,16H2,1H3. The van der Waals surface area contributed by atoms with Crippen molar-refractivity contribution in [1.82, 2.24) is 9.97 Å². The van der Waals surface area contributed by atoms with Crippen molar-refractivity contribution in [2.45, 2.75) is 6.92 Å². The quantitative estimate of drug-likeness (QED) is 0.759. The molecule has 4 nitrogen and oxygen atoms in total. The maximum atomic E-state index is 5.85. The van der Waals surface area contributed by atoms with E-state index < -0.39 is 0 Å². The summed E-state index contributed by atoms with van der Waals surface area (Å²) in [6.07, 6.45) is 1.76. The zero-order valence-corrected chi connectivity index (χ0v) is 10.5. The Balaban J connectivity index is 1.98. The number of aromatic nitrogens is 2. The maximum Gasteiger partial charge on any atom is 0.242 e. The van der Waals surface area contributed by atoms with E-state index in [1.165, 1.54) is 0 Å². The van der Waals surface area contributed by atoms with E-state index in [9.17, 15) is 0 Å². The van der Waals surface area contributed by atoms with E-state index in [1.807, 2.05) is 43.3 Å². The second-order valence-corrected chi connectivity index (χ2v) is 4.31. The predicted molar refractivity (Wildman–Crippen MR) is 75.2 cm³/mol. The van der Waals surface area contributed by atoms with Gasteiger partial charge < -0.3 is 10.5 Å². The van der Waals surface area contributed by atoms with Crippen LogP contribution in [-0.4, -0.2) is 9.97 Å². The molecule has 0 saturated heterocycles. The topological polar surface area (TPSA) is 61.0 Å². The average molecular weight is 251 g/mol. The van der Waals surface area contributed by atoms with Crippen molar-refractivity contribution >= 4 is 16.6 Å². The molecular weight excluding hydrogens is 238 g/mol. The van der Waals surface area contributed by atoms with Gasteiger partial charge in [-0.3, -0.25) is 4.98 Å². The molecule has 0 unspecified atom stereocenters. The molecule has 0 aliphatic heterocycles. The van der Waals surface area contributed by atoms with Crippen LogP contribution in [0.4, 0.5) is 5.69 Å². The molecule has 19 heavy (non-hydrogen) atoms. The highest BCUT2D eigenvalue weighted by Crippen LogP contribution is 2.27.